The van der Waals surface area contributed by atoms with Crippen molar-refractivity contribution >= 4 is 5.69 Å². The fourth-order valence-electron chi connectivity index (χ4n) is 1.08. The molecule has 0 fully saturated rings. The van der Waals surface area contributed by atoms with E-state index in [-0.39, 0.29) is 12.1 Å². The van der Waals surface area contributed by atoms with Gasteiger partial charge in [-0.15, -0.1) is 0 Å². The minimum absolute atomic E-state index is 0.0597. The van der Waals surface area contributed by atoms with E-state index in [1.807, 2.05) is 0 Å². The van der Waals surface area contributed by atoms with Crippen LogP contribution in [0.25, 0.3) is 4.85 Å². The molecule has 0 aliphatic heterocycles. The smallest absolute Gasteiger partial charge is 0.238 e. The molecule has 0 spiro atoms. The van der Waals surface area contributed by atoms with Crippen molar-refractivity contribution in [3.63, 3.8) is 0 Å². The van der Waals surface area contributed by atoms with Gasteiger partial charge in [-0.1, -0.05) is 12.1 Å². The van der Waals surface area contributed by atoms with Crippen LogP contribution in [0.15, 0.2) is 18.2 Å². The summed E-state index contributed by atoms with van der Waals surface area (Å²) in [6, 6.07) is 4.60. The van der Waals surface area contributed by atoms with Gasteiger partial charge >= 0.3 is 6.18 Å². The summed E-state index contributed by atoms with van der Waals surface area (Å²) in [4.78, 5) is 2.96. The molecule has 76 valence electrons. The molecule has 0 heterocycles. The van der Waals surface area contributed by atoms with Crippen molar-refractivity contribution in [2.45, 2.75) is 12.6 Å². The van der Waals surface area contributed by atoms with Crippen LogP contribution in [0.4, 0.5) is 18.9 Å². The van der Waals surface area contributed by atoms with E-state index in [0.29, 0.717) is 5.56 Å². The van der Waals surface area contributed by atoms with Crippen LogP contribution in [-0.2, 0) is 12.6 Å². The van der Waals surface area contributed by atoms with Crippen molar-refractivity contribution in [3.05, 3.63) is 40.7 Å². The third kappa shape index (κ3) is 2.47. The summed E-state index contributed by atoms with van der Waals surface area (Å²) in [5.74, 6) is 0. The molecule has 0 saturated heterocycles. The van der Waals surface area contributed by atoms with Gasteiger partial charge in [0.1, 0.15) is 0 Å². The third-order valence-electron chi connectivity index (χ3n) is 1.80. The highest BCUT2D eigenvalue weighted by Crippen LogP contribution is 2.33. The van der Waals surface area contributed by atoms with Crippen LogP contribution in [0, 0.1) is 17.9 Å². The number of hydrogen-bond acceptors (Lipinski definition) is 1. The van der Waals surface area contributed by atoms with Crippen LogP contribution < -0.4 is 0 Å². The SMILES string of the molecule is [C-]#[N+]c1cc(C(F)(F)F)ccc1CC#N. The number of alkyl halides is 3. The lowest BCUT2D eigenvalue weighted by molar-refractivity contribution is -0.137. The number of rotatable bonds is 1. The summed E-state index contributed by atoms with van der Waals surface area (Å²) < 4.78 is 36.8. The normalized spacial score (nSPS) is 10.5. The van der Waals surface area contributed by atoms with Crippen LogP contribution in [0.5, 0.6) is 0 Å². The zero-order chi connectivity index (χ0) is 11.5. The topological polar surface area (TPSA) is 28.1 Å². The number of halogens is 3. The van der Waals surface area contributed by atoms with Crippen molar-refractivity contribution in [2.75, 3.05) is 0 Å². The first kappa shape index (κ1) is 11.1. The van der Waals surface area contributed by atoms with Crippen molar-refractivity contribution in [2.24, 2.45) is 0 Å². The Hall–Kier alpha value is -2.01. The second-order valence-corrected chi connectivity index (χ2v) is 2.79. The zero-order valence-electron chi connectivity index (χ0n) is 7.47. The molecule has 0 N–H and O–H groups in total. The first-order valence-corrected chi connectivity index (χ1v) is 3.93. The van der Waals surface area contributed by atoms with E-state index in [1.165, 1.54) is 6.07 Å². The number of nitriles is 1. The molecule has 1 rings (SSSR count). The predicted molar refractivity (Wildman–Crippen MR) is 47.0 cm³/mol. The van der Waals surface area contributed by atoms with Crippen LogP contribution in [0.3, 0.4) is 0 Å². The molecule has 0 aliphatic carbocycles. The zero-order valence-corrected chi connectivity index (χ0v) is 7.47. The van der Waals surface area contributed by atoms with Gasteiger partial charge in [0.05, 0.1) is 19.1 Å². The Kier molecular flexibility index (Phi) is 2.96. The second-order valence-electron chi connectivity index (χ2n) is 2.79. The van der Waals surface area contributed by atoms with E-state index >= 15 is 0 Å². The van der Waals surface area contributed by atoms with Gasteiger partial charge in [0.25, 0.3) is 0 Å². The molecule has 0 radical (unpaired) electrons. The number of benzene rings is 1. The molecular formula is C10H5F3N2. The summed E-state index contributed by atoms with van der Waals surface area (Å²) in [6.45, 7) is 6.71. The van der Waals surface area contributed by atoms with Crippen LogP contribution in [0.1, 0.15) is 11.1 Å². The minimum atomic E-state index is -4.45. The van der Waals surface area contributed by atoms with E-state index < -0.39 is 11.7 Å². The van der Waals surface area contributed by atoms with E-state index in [4.69, 9.17) is 11.8 Å². The molecule has 0 bridgehead atoms. The Morgan fingerprint density at radius 3 is 2.53 bits per heavy atom. The standard InChI is InChI=1S/C10H5F3N2/c1-15-9-6-8(10(11,12)13)3-2-7(9)4-5-14/h2-3,6H,4H2. The molecule has 0 atom stereocenters. The number of hydrogen-bond donors (Lipinski definition) is 0. The lowest BCUT2D eigenvalue weighted by Crippen LogP contribution is -2.04. The summed E-state index contributed by atoms with van der Waals surface area (Å²) in [7, 11) is 0. The Bertz CT molecular complexity index is 449. The van der Waals surface area contributed by atoms with Crippen molar-refractivity contribution in [1.82, 2.24) is 0 Å². The highest BCUT2D eigenvalue weighted by molar-refractivity contribution is 5.55. The Morgan fingerprint density at radius 1 is 1.40 bits per heavy atom. The monoisotopic (exact) mass is 210 g/mol. The molecular weight excluding hydrogens is 205 g/mol. The van der Waals surface area contributed by atoms with Gasteiger partial charge in [-0.05, 0) is 11.6 Å². The highest BCUT2D eigenvalue weighted by Gasteiger charge is 2.30. The molecule has 2 nitrogen and oxygen atoms in total. The fraction of sp³-hybridized carbons (Fsp3) is 0.200. The maximum Gasteiger partial charge on any atom is 0.415 e. The van der Waals surface area contributed by atoms with Gasteiger partial charge in [0.15, 0.2) is 5.69 Å². The van der Waals surface area contributed by atoms with Gasteiger partial charge in [-0.25, -0.2) is 4.85 Å². The molecule has 0 amide bonds. The average Bonchev–Trinajstić information content (AvgIpc) is 2.17. The molecule has 1 aromatic carbocycles. The maximum atomic E-state index is 12.3. The molecule has 0 aromatic heterocycles. The first-order valence-electron chi connectivity index (χ1n) is 3.93. The van der Waals surface area contributed by atoms with Gasteiger partial charge in [-0.2, -0.15) is 18.4 Å². The van der Waals surface area contributed by atoms with Crippen molar-refractivity contribution in [3.8, 4) is 6.07 Å². The second kappa shape index (κ2) is 4.02. The van der Waals surface area contributed by atoms with Gasteiger partial charge in [0, 0.05) is 5.56 Å². The van der Waals surface area contributed by atoms with E-state index in [1.54, 1.807) is 6.07 Å². The lowest BCUT2D eigenvalue weighted by Gasteiger charge is -2.08. The fourth-order valence-corrected chi connectivity index (χ4v) is 1.08. The minimum Gasteiger partial charge on any atom is -0.238 e. The molecule has 1 aromatic rings. The summed E-state index contributed by atoms with van der Waals surface area (Å²) in [5.41, 5.74) is -0.665. The largest absolute Gasteiger partial charge is 0.415 e. The molecule has 15 heavy (non-hydrogen) atoms. The first-order chi connectivity index (χ1) is 6.99. The molecule has 0 saturated carbocycles. The molecule has 0 aliphatic rings. The molecule has 5 heteroatoms. The van der Waals surface area contributed by atoms with Crippen molar-refractivity contribution < 1.29 is 13.2 Å². The summed E-state index contributed by atoms with van der Waals surface area (Å²) in [5, 5.41) is 8.39. The van der Waals surface area contributed by atoms with E-state index in [2.05, 4.69) is 4.85 Å². The van der Waals surface area contributed by atoms with Gasteiger partial charge in [-0.3, -0.25) is 0 Å². The Balaban J connectivity index is 3.22. The highest BCUT2D eigenvalue weighted by atomic mass is 19.4. The Labute approximate surface area is 84.4 Å². The quantitative estimate of drug-likeness (QED) is 0.653. The van der Waals surface area contributed by atoms with E-state index in [9.17, 15) is 13.2 Å². The Morgan fingerprint density at radius 2 is 2.07 bits per heavy atom. The van der Waals surface area contributed by atoms with Gasteiger partial charge < -0.3 is 0 Å². The molecule has 0 unspecified atom stereocenters. The number of nitrogens with zero attached hydrogens (tertiary/aromatic N) is 2. The van der Waals surface area contributed by atoms with E-state index in [0.717, 1.165) is 12.1 Å². The van der Waals surface area contributed by atoms with Crippen LogP contribution in [0.2, 0.25) is 0 Å². The lowest BCUT2D eigenvalue weighted by atomic mass is 10.1. The third-order valence-corrected chi connectivity index (χ3v) is 1.80. The van der Waals surface area contributed by atoms with Crippen LogP contribution >= 0.6 is 0 Å². The summed E-state index contributed by atoms with van der Waals surface area (Å²) >= 11 is 0. The summed E-state index contributed by atoms with van der Waals surface area (Å²) in [6.07, 6.45) is -4.51. The maximum absolute atomic E-state index is 12.3. The average molecular weight is 210 g/mol. The van der Waals surface area contributed by atoms with Crippen molar-refractivity contribution in [1.29, 1.82) is 5.26 Å². The predicted octanol–water partition coefficient (Wildman–Crippen LogP) is 3.32. The van der Waals surface area contributed by atoms with Gasteiger partial charge in [0.2, 0.25) is 0 Å². The van der Waals surface area contributed by atoms with Crippen LogP contribution in [-0.4, -0.2) is 0 Å².